The summed E-state index contributed by atoms with van der Waals surface area (Å²) in [5.41, 5.74) is 0.617. The Morgan fingerprint density at radius 2 is 1.96 bits per heavy atom. The number of aromatic nitrogens is 2. The van der Waals surface area contributed by atoms with Crippen molar-refractivity contribution in [3.8, 4) is 0 Å². The monoisotopic (exact) mass is 348 g/mol. The number of carbonyl (C=O) groups is 2. The highest BCUT2D eigenvalue weighted by Gasteiger charge is 2.27. The van der Waals surface area contributed by atoms with E-state index in [4.69, 9.17) is 4.74 Å². The number of rotatable bonds is 5. The molecule has 2 fully saturated rings. The molecule has 1 aliphatic heterocycles. The lowest BCUT2D eigenvalue weighted by Gasteiger charge is -2.31. The van der Waals surface area contributed by atoms with E-state index in [0.717, 1.165) is 18.5 Å². The number of piperidine rings is 1. The number of hydrogen-bond acceptors (Lipinski definition) is 5. The normalized spacial score (nSPS) is 18.0. The lowest BCUT2D eigenvalue weighted by Crippen LogP contribution is -2.47. The fourth-order valence-corrected chi connectivity index (χ4v) is 3.01. The minimum absolute atomic E-state index is 0.000457. The molecule has 8 nitrogen and oxygen atoms in total. The van der Waals surface area contributed by atoms with Crippen molar-refractivity contribution < 1.29 is 14.3 Å². The van der Waals surface area contributed by atoms with E-state index in [1.807, 2.05) is 0 Å². The highest BCUT2D eigenvalue weighted by Crippen LogP contribution is 2.38. The molecule has 0 unspecified atom stereocenters. The minimum Gasteiger partial charge on any atom is -0.450 e. The molecular formula is C17H24N4O4. The second kappa shape index (κ2) is 7.67. The Kier molecular flexibility index (Phi) is 5.35. The van der Waals surface area contributed by atoms with Crippen LogP contribution in [-0.2, 0) is 16.1 Å². The first kappa shape index (κ1) is 17.4. The van der Waals surface area contributed by atoms with Crippen molar-refractivity contribution in [1.29, 1.82) is 0 Å². The summed E-state index contributed by atoms with van der Waals surface area (Å²) in [7, 11) is 0. The van der Waals surface area contributed by atoms with E-state index in [-0.39, 0.29) is 30.1 Å². The molecular weight excluding hydrogens is 324 g/mol. The number of nitrogens with one attached hydrogen (secondary N) is 1. The Balaban J connectivity index is 1.49. The third-order valence-corrected chi connectivity index (χ3v) is 4.56. The molecule has 0 atom stereocenters. The van der Waals surface area contributed by atoms with Gasteiger partial charge in [-0.2, -0.15) is 5.10 Å². The van der Waals surface area contributed by atoms with Gasteiger partial charge in [0, 0.05) is 31.1 Å². The van der Waals surface area contributed by atoms with Gasteiger partial charge in [-0.05, 0) is 38.7 Å². The zero-order chi connectivity index (χ0) is 17.8. The summed E-state index contributed by atoms with van der Waals surface area (Å²) in [5.74, 6) is 0.208. The molecule has 0 aromatic carbocycles. The van der Waals surface area contributed by atoms with E-state index < -0.39 is 0 Å². The highest BCUT2D eigenvalue weighted by atomic mass is 16.6. The molecule has 0 bridgehead atoms. The van der Waals surface area contributed by atoms with Crippen LogP contribution < -0.4 is 10.9 Å². The quantitative estimate of drug-likeness (QED) is 0.852. The van der Waals surface area contributed by atoms with Crippen LogP contribution in [0.2, 0.25) is 0 Å². The van der Waals surface area contributed by atoms with Crippen molar-refractivity contribution in [2.75, 3.05) is 19.7 Å². The number of amides is 2. The van der Waals surface area contributed by atoms with Gasteiger partial charge in [-0.1, -0.05) is 0 Å². The summed E-state index contributed by atoms with van der Waals surface area (Å²) in [6.45, 7) is 3.17. The maximum Gasteiger partial charge on any atom is 0.409 e. The summed E-state index contributed by atoms with van der Waals surface area (Å²) in [4.78, 5) is 37.4. The molecule has 2 aliphatic rings. The second-order valence-corrected chi connectivity index (χ2v) is 6.56. The van der Waals surface area contributed by atoms with Crippen LogP contribution in [0.3, 0.4) is 0 Å². The Morgan fingerprint density at radius 1 is 1.24 bits per heavy atom. The fraction of sp³-hybridized carbons (Fsp3) is 0.647. The van der Waals surface area contributed by atoms with Crippen molar-refractivity contribution in [3.05, 3.63) is 28.2 Å². The van der Waals surface area contributed by atoms with Gasteiger partial charge in [-0.25, -0.2) is 9.48 Å². The van der Waals surface area contributed by atoms with Crippen LogP contribution in [0.25, 0.3) is 0 Å². The van der Waals surface area contributed by atoms with E-state index in [2.05, 4.69) is 10.4 Å². The molecule has 2 heterocycles. The van der Waals surface area contributed by atoms with Crippen molar-refractivity contribution in [3.63, 3.8) is 0 Å². The van der Waals surface area contributed by atoms with Crippen LogP contribution in [0.1, 0.15) is 44.2 Å². The van der Waals surface area contributed by atoms with Crippen molar-refractivity contribution >= 4 is 12.0 Å². The predicted molar refractivity (Wildman–Crippen MR) is 90.2 cm³/mol. The van der Waals surface area contributed by atoms with Gasteiger partial charge >= 0.3 is 6.09 Å². The molecule has 1 saturated heterocycles. The molecule has 3 rings (SSSR count). The number of ether oxygens (including phenoxy) is 1. The van der Waals surface area contributed by atoms with Gasteiger partial charge in [0.15, 0.2) is 0 Å². The Morgan fingerprint density at radius 3 is 2.60 bits per heavy atom. The molecule has 2 amide bonds. The standard InChI is InChI=1S/C17H24N4O4/c1-2-25-17(24)20-9-7-13(8-10-20)18-15(22)11-21-16(23)6-5-14(19-21)12-3-4-12/h5-6,12-13H,2-4,7-11H2,1H3,(H,18,22). The zero-order valence-corrected chi connectivity index (χ0v) is 14.4. The maximum atomic E-state index is 12.2. The SMILES string of the molecule is CCOC(=O)N1CCC(NC(=O)Cn2nc(C3CC3)ccc2=O)CC1. The summed E-state index contributed by atoms with van der Waals surface area (Å²) in [5, 5.41) is 7.23. The van der Waals surface area contributed by atoms with Gasteiger partial charge in [0.1, 0.15) is 6.54 Å². The lowest BCUT2D eigenvalue weighted by molar-refractivity contribution is -0.122. The third-order valence-electron chi connectivity index (χ3n) is 4.56. The third kappa shape index (κ3) is 4.58. The summed E-state index contributed by atoms with van der Waals surface area (Å²) >= 11 is 0. The molecule has 1 aliphatic carbocycles. The molecule has 25 heavy (non-hydrogen) atoms. The predicted octanol–water partition coefficient (Wildman–Crippen LogP) is 0.858. The summed E-state index contributed by atoms with van der Waals surface area (Å²) < 4.78 is 6.21. The van der Waals surface area contributed by atoms with Gasteiger partial charge in [-0.15, -0.1) is 0 Å². The van der Waals surface area contributed by atoms with Crippen LogP contribution in [0.15, 0.2) is 16.9 Å². The summed E-state index contributed by atoms with van der Waals surface area (Å²) in [6.07, 6.45) is 3.23. The number of hydrogen-bond donors (Lipinski definition) is 1. The fourth-order valence-electron chi connectivity index (χ4n) is 3.01. The number of nitrogens with zero attached hydrogens (tertiary/aromatic N) is 3. The van der Waals surface area contributed by atoms with Crippen molar-refractivity contribution in [1.82, 2.24) is 20.0 Å². The Hall–Kier alpha value is -2.38. The van der Waals surface area contributed by atoms with Crippen LogP contribution >= 0.6 is 0 Å². The molecule has 0 radical (unpaired) electrons. The Labute approximate surface area is 146 Å². The highest BCUT2D eigenvalue weighted by molar-refractivity contribution is 5.76. The molecule has 8 heteroatoms. The first-order valence-corrected chi connectivity index (χ1v) is 8.86. The van der Waals surface area contributed by atoms with E-state index in [1.165, 1.54) is 10.7 Å². The van der Waals surface area contributed by atoms with E-state index in [0.29, 0.717) is 38.5 Å². The average Bonchev–Trinajstić information content (AvgIpc) is 3.43. The van der Waals surface area contributed by atoms with E-state index >= 15 is 0 Å². The van der Waals surface area contributed by atoms with Gasteiger partial charge in [0.2, 0.25) is 5.91 Å². The van der Waals surface area contributed by atoms with Crippen LogP contribution in [0, 0.1) is 0 Å². The van der Waals surface area contributed by atoms with Crippen LogP contribution in [0.4, 0.5) is 4.79 Å². The zero-order valence-electron chi connectivity index (χ0n) is 14.4. The second-order valence-electron chi connectivity index (χ2n) is 6.56. The summed E-state index contributed by atoms with van der Waals surface area (Å²) in [6, 6.07) is 3.23. The first-order chi connectivity index (χ1) is 12.1. The number of carbonyl (C=O) groups excluding carboxylic acids is 2. The minimum atomic E-state index is -0.306. The molecule has 1 saturated carbocycles. The van der Waals surface area contributed by atoms with Gasteiger partial charge < -0.3 is 15.0 Å². The molecule has 1 aromatic heterocycles. The van der Waals surface area contributed by atoms with Gasteiger partial charge in [0.25, 0.3) is 5.56 Å². The number of likely N-dealkylation sites (tertiary alicyclic amines) is 1. The molecule has 1 aromatic rings. The first-order valence-electron chi connectivity index (χ1n) is 8.86. The maximum absolute atomic E-state index is 12.2. The smallest absolute Gasteiger partial charge is 0.409 e. The average molecular weight is 348 g/mol. The molecule has 0 spiro atoms. The largest absolute Gasteiger partial charge is 0.450 e. The molecule has 136 valence electrons. The van der Waals surface area contributed by atoms with Gasteiger partial charge in [0.05, 0.1) is 12.3 Å². The van der Waals surface area contributed by atoms with E-state index in [9.17, 15) is 14.4 Å². The topological polar surface area (TPSA) is 93.5 Å². The van der Waals surface area contributed by atoms with Crippen molar-refractivity contribution in [2.24, 2.45) is 0 Å². The van der Waals surface area contributed by atoms with Crippen LogP contribution in [-0.4, -0.2) is 52.4 Å². The Bertz CT molecular complexity index is 690. The van der Waals surface area contributed by atoms with Crippen LogP contribution in [0.5, 0.6) is 0 Å². The lowest BCUT2D eigenvalue weighted by atomic mass is 10.1. The molecule has 1 N–H and O–H groups in total. The van der Waals surface area contributed by atoms with Crippen molar-refractivity contribution in [2.45, 2.75) is 51.1 Å². The van der Waals surface area contributed by atoms with E-state index in [1.54, 1.807) is 17.9 Å². The van der Waals surface area contributed by atoms with Gasteiger partial charge in [-0.3, -0.25) is 9.59 Å².